The van der Waals surface area contributed by atoms with Crippen LogP contribution in [0, 0.1) is 17.0 Å². The quantitative estimate of drug-likeness (QED) is 0.262. The van der Waals surface area contributed by atoms with Crippen molar-refractivity contribution >= 4 is 27.1 Å². The maximum Gasteiger partial charge on any atom is 0.269 e. The van der Waals surface area contributed by atoms with Crippen molar-refractivity contribution in [1.29, 1.82) is 0 Å². The predicted molar refractivity (Wildman–Crippen MR) is 122 cm³/mol. The minimum absolute atomic E-state index is 0.0727. The molecule has 8 nitrogen and oxygen atoms in total. The Labute approximate surface area is 190 Å². The number of carbonyl (C=O) groups excluding carboxylic acids is 2. The highest BCUT2D eigenvalue weighted by Crippen LogP contribution is 2.25. The fourth-order valence-electron chi connectivity index (χ4n) is 3.23. The maximum absolute atomic E-state index is 13.4. The molecule has 3 rings (SSSR count). The number of aryl methyl sites for hydroxylation is 1. The third kappa shape index (κ3) is 5.32. The number of hydrogen-bond acceptors (Lipinski definition) is 7. The normalized spacial score (nSPS) is 12.1. The molecular weight excluding hydrogens is 446 g/mol. The van der Waals surface area contributed by atoms with Crippen LogP contribution in [0.5, 0.6) is 5.75 Å². The summed E-state index contributed by atoms with van der Waals surface area (Å²) >= 11 is 0. The van der Waals surface area contributed by atoms with Crippen molar-refractivity contribution in [2.75, 3.05) is 7.11 Å². The SMILES string of the molecule is COc1ccc(C(=O)[C@@H](CC(=O)c2ccc([N+](=O)[O-])cc2)S(=O)(=O)c2ccc(C)cc2)cc1. The summed E-state index contributed by atoms with van der Waals surface area (Å²) in [5, 5.41) is 9.18. The first-order valence-electron chi connectivity index (χ1n) is 9.90. The molecule has 0 aliphatic rings. The molecule has 0 bridgehead atoms. The van der Waals surface area contributed by atoms with Crippen LogP contribution in [-0.4, -0.2) is 37.3 Å². The Balaban J connectivity index is 2.00. The van der Waals surface area contributed by atoms with E-state index in [0.717, 1.165) is 17.7 Å². The van der Waals surface area contributed by atoms with Gasteiger partial charge in [0.1, 0.15) is 11.0 Å². The van der Waals surface area contributed by atoms with E-state index in [1.54, 1.807) is 19.1 Å². The summed E-state index contributed by atoms with van der Waals surface area (Å²) in [6, 6.07) is 16.8. The summed E-state index contributed by atoms with van der Waals surface area (Å²) in [5.74, 6) is -0.854. The van der Waals surface area contributed by atoms with Crippen molar-refractivity contribution in [3.8, 4) is 5.75 Å². The molecule has 0 saturated heterocycles. The van der Waals surface area contributed by atoms with E-state index in [1.807, 2.05) is 0 Å². The lowest BCUT2D eigenvalue weighted by atomic mass is 10.0. The van der Waals surface area contributed by atoms with Gasteiger partial charge in [-0.05, 0) is 55.5 Å². The van der Waals surface area contributed by atoms with Gasteiger partial charge in [-0.3, -0.25) is 19.7 Å². The number of sulfone groups is 1. The number of nitro benzene ring substituents is 1. The first-order chi connectivity index (χ1) is 15.6. The molecule has 33 heavy (non-hydrogen) atoms. The lowest BCUT2D eigenvalue weighted by Gasteiger charge is -2.17. The molecule has 0 aliphatic heterocycles. The second kappa shape index (κ2) is 9.74. The molecule has 0 unspecified atom stereocenters. The number of non-ortho nitro benzene ring substituents is 1. The van der Waals surface area contributed by atoms with E-state index < -0.39 is 38.0 Å². The maximum atomic E-state index is 13.4. The Kier molecular flexibility index (Phi) is 7.03. The van der Waals surface area contributed by atoms with Gasteiger partial charge in [-0.1, -0.05) is 17.7 Å². The number of ketones is 2. The van der Waals surface area contributed by atoms with Crippen molar-refractivity contribution in [2.24, 2.45) is 0 Å². The lowest BCUT2D eigenvalue weighted by Crippen LogP contribution is -2.33. The van der Waals surface area contributed by atoms with Gasteiger partial charge in [-0.25, -0.2) is 8.42 Å². The molecule has 0 spiro atoms. The number of Topliss-reactive ketones (excluding diaryl/α,β-unsaturated/α-hetero) is 2. The van der Waals surface area contributed by atoms with Gasteiger partial charge in [-0.15, -0.1) is 0 Å². The zero-order valence-electron chi connectivity index (χ0n) is 17.9. The molecule has 0 radical (unpaired) electrons. The zero-order chi connectivity index (χ0) is 24.2. The van der Waals surface area contributed by atoms with Crippen LogP contribution in [0.1, 0.15) is 32.7 Å². The van der Waals surface area contributed by atoms with Gasteiger partial charge in [0.2, 0.25) is 0 Å². The third-order valence-corrected chi connectivity index (χ3v) is 7.22. The average molecular weight is 467 g/mol. The molecule has 0 heterocycles. The molecule has 0 fully saturated rings. The van der Waals surface area contributed by atoms with Crippen LogP contribution in [0.4, 0.5) is 5.69 Å². The molecular formula is C24H21NO7S. The van der Waals surface area contributed by atoms with Crippen molar-refractivity contribution in [1.82, 2.24) is 0 Å². The number of hydrogen-bond donors (Lipinski definition) is 0. The summed E-state index contributed by atoms with van der Waals surface area (Å²) < 4.78 is 31.9. The molecule has 0 amide bonds. The first kappa shape index (κ1) is 23.8. The van der Waals surface area contributed by atoms with Gasteiger partial charge in [0.15, 0.2) is 21.4 Å². The molecule has 0 aliphatic carbocycles. The lowest BCUT2D eigenvalue weighted by molar-refractivity contribution is -0.384. The van der Waals surface area contributed by atoms with Crippen molar-refractivity contribution in [3.63, 3.8) is 0 Å². The van der Waals surface area contributed by atoms with Gasteiger partial charge < -0.3 is 4.74 Å². The van der Waals surface area contributed by atoms with Crippen LogP contribution in [0.25, 0.3) is 0 Å². The van der Waals surface area contributed by atoms with E-state index in [2.05, 4.69) is 0 Å². The smallest absolute Gasteiger partial charge is 0.269 e. The molecule has 1 atom stereocenters. The van der Waals surface area contributed by atoms with E-state index >= 15 is 0 Å². The monoisotopic (exact) mass is 467 g/mol. The van der Waals surface area contributed by atoms with E-state index in [0.29, 0.717) is 5.75 Å². The van der Waals surface area contributed by atoms with Gasteiger partial charge >= 0.3 is 0 Å². The predicted octanol–water partition coefficient (Wildman–Crippen LogP) is 4.21. The van der Waals surface area contributed by atoms with E-state index in [-0.39, 0.29) is 21.7 Å². The van der Waals surface area contributed by atoms with Gasteiger partial charge in [0, 0.05) is 29.7 Å². The first-order valence-corrected chi connectivity index (χ1v) is 11.4. The van der Waals surface area contributed by atoms with Crippen LogP contribution >= 0.6 is 0 Å². The number of ether oxygens (including phenoxy) is 1. The fraction of sp³-hybridized carbons (Fsp3) is 0.167. The van der Waals surface area contributed by atoms with E-state index in [1.165, 1.54) is 55.6 Å². The van der Waals surface area contributed by atoms with Crippen LogP contribution in [0.3, 0.4) is 0 Å². The minimum Gasteiger partial charge on any atom is -0.497 e. The van der Waals surface area contributed by atoms with Crippen LogP contribution in [0.2, 0.25) is 0 Å². The number of benzene rings is 3. The van der Waals surface area contributed by atoms with Gasteiger partial charge in [-0.2, -0.15) is 0 Å². The number of methoxy groups -OCH3 is 1. The Hall–Kier alpha value is -3.85. The Morgan fingerprint density at radius 1 is 0.909 bits per heavy atom. The highest BCUT2D eigenvalue weighted by molar-refractivity contribution is 7.92. The number of carbonyl (C=O) groups is 2. The Morgan fingerprint density at radius 3 is 1.97 bits per heavy atom. The molecule has 0 aromatic heterocycles. The molecule has 0 N–H and O–H groups in total. The molecule has 0 saturated carbocycles. The number of rotatable bonds is 9. The summed E-state index contributed by atoms with van der Waals surface area (Å²) in [4.78, 5) is 36.4. The topological polar surface area (TPSA) is 121 Å². The molecule has 3 aromatic carbocycles. The van der Waals surface area contributed by atoms with Crippen LogP contribution < -0.4 is 4.74 Å². The van der Waals surface area contributed by atoms with E-state index in [4.69, 9.17) is 4.74 Å². The zero-order valence-corrected chi connectivity index (χ0v) is 18.7. The fourth-order valence-corrected chi connectivity index (χ4v) is 4.86. The average Bonchev–Trinajstić information content (AvgIpc) is 2.82. The summed E-state index contributed by atoms with van der Waals surface area (Å²) in [5.41, 5.74) is 0.832. The Bertz CT molecular complexity index is 1280. The van der Waals surface area contributed by atoms with Gasteiger partial charge in [0.25, 0.3) is 5.69 Å². The van der Waals surface area contributed by atoms with Crippen molar-refractivity contribution < 1.29 is 27.7 Å². The summed E-state index contributed by atoms with van der Waals surface area (Å²) in [7, 11) is -2.75. The van der Waals surface area contributed by atoms with Crippen LogP contribution in [-0.2, 0) is 9.84 Å². The standard InChI is InChI=1S/C24H21NO7S/c1-16-3-13-21(14-4-16)33(30,31)23(24(27)18-7-11-20(32-2)12-8-18)15-22(26)17-5-9-19(10-6-17)25(28)29/h3-14,23H,15H2,1-2H3/t23-/m1/s1. The molecule has 170 valence electrons. The molecule has 9 heteroatoms. The minimum atomic E-state index is -4.22. The third-order valence-electron chi connectivity index (χ3n) is 5.16. The van der Waals surface area contributed by atoms with Crippen LogP contribution in [0.15, 0.2) is 77.7 Å². The summed E-state index contributed by atoms with van der Waals surface area (Å²) in [6.45, 7) is 1.80. The Morgan fingerprint density at radius 2 is 1.45 bits per heavy atom. The largest absolute Gasteiger partial charge is 0.497 e. The second-order valence-corrected chi connectivity index (χ2v) is 9.50. The highest BCUT2D eigenvalue weighted by atomic mass is 32.2. The van der Waals surface area contributed by atoms with Gasteiger partial charge in [0.05, 0.1) is 16.9 Å². The summed E-state index contributed by atoms with van der Waals surface area (Å²) in [6.07, 6.45) is -0.612. The van der Waals surface area contributed by atoms with Crippen molar-refractivity contribution in [3.05, 3.63) is 99.6 Å². The number of nitro groups is 1. The second-order valence-electron chi connectivity index (χ2n) is 7.37. The highest BCUT2D eigenvalue weighted by Gasteiger charge is 2.36. The van der Waals surface area contributed by atoms with E-state index in [9.17, 15) is 28.1 Å². The number of nitrogens with zero attached hydrogens (tertiary/aromatic N) is 1. The molecule has 3 aromatic rings. The van der Waals surface area contributed by atoms with Crippen molar-refractivity contribution in [2.45, 2.75) is 23.5 Å².